The van der Waals surface area contributed by atoms with Gasteiger partial charge < -0.3 is 5.11 Å². The van der Waals surface area contributed by atoms with E-state index in [0.29, 0.717) is 11.3 Å². The first-order valence-electron chi connectivity index (χ1n) is 7.90. The van der Waals surface area contributed by atoms with Crippen molar-refractivity contribution in [3.05, 3.63) is 78.4 Å². The van der Waals surface area contributed by atoms with E-state index in [9.17, 15) is 14.7 Å². The Balaban J connectivity index is 2.09. The maximum Gasteiger partial charge on any atom is 0.270 e. The normalized spacial score (nSPS) is 16.3. The molecule has 1 saturated heterocycles. The zero-order chi connectivity index (χ0) is 18.7. The van der Waals surface area contributed by atoms with Crippen molar-refractivity contribution < 1.29 is 14.7 Å². The molecule has 0 bridgehead atoms. The average molecular weight is 364 g/mol. The molecule has 0 aromatic heterocycles. The maximum absolute atomic E-state index is 13.0. The summed E-state index contributed by atoms with van der Waals surface area (Å²) in [7, 11) is 0. The predicted molar refractivity (Wildman–Crippen MR) is 105 cm³/mol. The molecule has 6 heteroatoms. The number of thiocarbonyl (C=S) groups is 1. The summed E-state index contributed by atoms with van der Waals surface area (Å²) in [6.45, 7) is 3.85. The number of nitrogens with zero attached hydrogens (tertiary/aromatic N) is 2. The number of carbonyl (C=O) groups is 2. The summed E-state index contributed by atoms with van der Waals surface area (Å²) in [5.74, 6) is -0.853. The fourth-order valence-corrected chi connectivity index (χ4v) is 2.95. The minimum Gasteiger partial charge on any atom is -0.508 e. The number of phenols is 1. The van der Waals surface area contributed by atoms with Crippen molar-refractivity contribution in [1.29, 1.82) is 0 Å². The van der Waals surface area contributed by atoms with Gasteiger partial charge in [0.1, 0.15) is 11.3 Å². The molecule has 1 aliphatic heterocycles. The number of benzene rings is 2. The molecule has 1 heterocycles. The molecule has 1 fully saturated rings. The van der Waals surface area contributed by atoms with Crippen LogP contribution in [0.5, 0.6) is 5.75 Å². The van der Waals surface area contributed by atoms with Gasteiger partial charge in [0.2, 0.25) is 0 Å². The van der Waals surface area contributed by atoms with Gasteiger partial charge in [-0.05, 0) is 48.1 Å². The highest BCUT2D eigenvalue weighted by Crippen LogP contribution is 2.26. The lowest BCUT2D eigenvalue weighted by Crippen LogP contribution is -2.56. The van der Waals surface area contributed by atoms with E-state index in [4.69, 9.17) is 12.2 Å². The van der Waals surface area contributed by atoms with Gasteiger partial charge in [-0.3, -0.25) is 19.4 Å². The molecule has 2 aromatic rings. The van der Waals surface area contributed by atoms with E-state index >= 15 is 0 Å². The Kier molecular flexibility index (Phi) is 4.95. The fraction of sp³-hybridized carbons (Fsp3) is 0.0500. The largest absolute Gasteiger partial charge is 0.508 e. The van der Waals surface area contributed by atoms with Gasteiger partial charge in [-0.15, -0.1) is 6.58 Å². The maximum atomic E-state index is 13.0. The molecular weight excluding hydrogens is 348 g/mol. The van der Waals surface area contributed by atoms with Gasteiger partial charge in [0.15, 0.2) is 5.11 Å². The first kappa shape index (κ1) is 17.6. The molecule has 0 saturated carbocycles. The molecule has 2 aromatic carbocycles. The van der Waals surface area contributed by atoms with Crippen LogP contribution in [0.15, 0.2) is 72.8 Å². The highest BCUT2D eigenvalue weighted by atomic mass is 32.1. The fourth-order valence-electron chi connectivity index (χ4n) is 2.61. The van der Waals surface area contributed by atoms with Crippen LogP contribution >= 0.6 is 12.2 Å². The first-order chi connectivity index (χ1) is 12.5. The summed E-state index contributed by atoms with van der Waals surface area (Å²) in [6.07, 6.45) is 3.05. The second-order valence-electron chi connectivity index (χ2n) is 5.61. The molecule has 2 amide bonds. The van der Waals surface area contributed by atoms with E-state index < -0.39 is 11.8 Å². The number of amides is 2. The highest BCUT2D eigenvalue weighted by molar-refractivity contribution is 7.80. The zero-order valence-corrected chi connectivity index (χ0v) is 14.6. The van der Waals surface area contributed by atoms with E-state index in [1.165, 1.54) is 28.0 Å². The van der Waals surface area contributed by atoms with E-state index in [0.717, 1.165) is 0 Å². The van der Waals surface area contributed by atoms with Gasteiger partial charge in [-0.25, -0.2) is 0 Å². The molecule has 5 nitrogen and oxygen atoms in total. The summed E-state index contributed by atoms with van der Waals surface area (Å²) < 4.78 is 0. The Labute approximate surface area is 156 Å². The number of aromatic hydroxyl groups is 1. The van der Waals surface area contributed by atoms with Crippen molar-refractivity contribution in [2.24, 2.45) is 0 Å². The van der Waals surface area contributed by atoms with Crippen molar-refractivity contribution in [3.8, 4) is 5.75 Å². The van der Waals surface area contributed by atoms with E-state index in [2.05, 4.69) is 6.58 Å². The lowest BCUT2D eigenvalue weighted by atomic mass is 10.1. The topological polar surface area (TPSA) is 60.9 Å². The van der Waals surface area contributed by atoms with Gasteiger partial charge in [0.25, 0.3) is 11.8 Å². The van der Waals surface area contributed by atoms with Crippen molar-refractivity contribution in [3.63, 3.8) is 0 Å². The Hall–Kier alpha value is -3.25. The lowest BCUT2D eigenvalue weighted by molar-refractivity contribution is -0.127. The lowest BCUT2D eigenvalue weighted by Gasteiger charge is -2.36. The third-order valence-corrected chi connectivity index (χ3v) is 4.26. The van der Waals surface area contributed by atoms with Crippen LogP contribution in [0, 0.1) is 0 Å². The van der Waals surface area contributed by atoms with Gasteiger partial charge in [-0.1, -0.05) is 36.4 Å². The molecule has 0 aliphatic carbocycles. The number of phenolic OH excluding ortho intramolecular Hbond substituents is 1. The van der Waals surface area contributed by atoms with Crippen LogP contribution in [0.3, 0.4) is 0 Å². The Morgan fingerprint density at radius 3 is 2.27 bits per heavy atom. The second kappa shape index (κ2) is 7.33. The van der Waals surface area contributed by atoms with Crippen molar-refractivity contribution >= 4 is 40.9 Å². The van der Waals surface area contributed by atoms with Crippen LogP contribution < -0.4 is 4.90 Å². The SMILES string of the molecule is C=CCN1C(=O)/C(=C\c2ccc(O)cc2)C(=O)N(c2ccccc2)C1=S. The molecule has 0 spiro atoms. The Morgan fingerprint density at radius 2 is 1.65 bits per heavy atom. The molecule has 3 rings (SSSR count). The summed E-state index contributed by atoms with van der Waals surface area (Å²) in [5, 5.41) is 9.52. The molecule has 0 unspecified atom stereocenters. The number of hydrogen-bond donors (Lipinski definition) is 1. The van der Waals surface area contributed by atoms with Crippen LogP contribution in [0.1, 0.15) is 5.56 Å². The molecule has 0 atom stereocenters. The van der Waals surface area contributed by atoms with Gasteiger partial charge in [-0.2, -0.15) is 0 Å². The zero-order valence-electron chi connectivity index (χ0n) is 13.8. The molecule has 1 aliphatic rings. The predicted octanol–water partition coefficient (Wildman–Crippen LogP) is 3.12. The van der Waals surface area contributed by atoms with Gasteiger partial charge in [0.05, 0.1) is 5.69 Å². The Morgan fingerprint density at radius 1 is 1.00 bits per heavy atom. The van der Waals surface area contributed by atoms with Crippen LogP contribution in [0.2, 0.25) is 0 Å². The van der Waals surface area contributed by atoms with Crippen LogP contribution in [-0.4, -0.2) is 33.5 Å². The number of para-hydroxylation sites is 1. The summed E-state index contributed by atoms with van der Waals surface area (Å²) in [5.41, 5.74) is 1.20. The second-order valence-corrected chi connectivity index (χ2v) is 5.98. The van der Waals surface area contributed by atoms with E-state index in [1.54, 1.807) is 42.5 Å². The summed E-state index contributed by atoms with van der Waals surface area (Å²) in [6, 6.07) is 15.2. The molecule has 0 radical (unpaired) electrons. The molecule has 130 valence electrons. The van der Waals surface area contributed by atoms with Crippen LogP contribution in [-0.2, 0) is 9.59 Å². The van der Waals surface area contributed by atoms with Crippen molar-refractivity contribution in [1.82, 2.24) is 4.90 Å². The van der Waals surface area contributed by atoms with Crippen molar-refractivity contribution in [2.75, 3.05) is 11.4 Å². The highest BCUT2D eigenvalue weighted by Gasteiger charge is 2.39. The number of rotatable bonds is 4. The van der Waals surface area contributed by atoms with E-state index in [-0.39, 0.29) is 23.0 Å². The molecule has 1 N–H and O–H groups in total. The average Bonchev–Trinajstić information content (AvgIpc) is 2.65. The number of hydrogen-bond acceptors (Lipinski definition) is 4. The summed E-state index contributed by atoms with van der Waals surface area (Å²) >= 11 is 5.39. The minimum atomic E-state index is -0.486. The third-order valence-electron chi connectivity index (χ3n) is 3.86. The van der Waals surface area contributed by atoms with Crippen LogP contribution in [0.25, 0.3) is 6.08 Å². The third kappa shape index (κ3) is 3.27. The van der Waals surface area contributed by atoms with E-state index in [1.807, 2.05) is 6.07 Å². The number of anilines is 1. The Bertz CT molecular complexity index is 904. The smallest absolute Gasteiger partial charge is 0.270 e. The first-order valence-corrected chi connectivity index (χ1v) is 8.30. The number of carbonyl (C=O) groups excluding carboxylic acids is 2. The van der Waals surface area contributed by atoms with Crippen molar-refractivity contribution in [2.45, 2.75) is 0 Å². The standard InChI is InChI=1S/C20H16N2O3S/c1-2-12-21-18(24)17(13-14-8-10-16(23)11-9-14)19(25)22(20(21)26)15-6-4-3-5-7-15/h2-11,13,23H,1,12H2/b17-13+. The minimum absolute atomic E-state index is 0.00464. The van der Waals surface area contributed by atoms with Gasteiger partial charge >= 0.3 is 0 Å². The summed E-state index contributed by atoms with van der Waals surface area (Å²) in [4.78, 5) is 28.5. The molecule has 26 heavy (non-hydrogen) atoms. The van der Waals surface area contributed by atoms with Crippen LogP contribution in [0.4, 0.5) is 5.69 Å². The molecular formula is C20H16N2O3S. The monoisotopic (exact) mass is 364 g/mol. The van der Waals surface area contributed by atoms with Gasteiger partial charge in [0, 0.05) is 6.54 Å². The quantitative estimate of drug-likeness (QED) is 0.392.